The van der Waals surface area contributed by atoms with Gasteiger partial charge in [0.15, 0.2) is 0 Å². The smallest absolute Gasteiger partial charge is 0.305 e. The number of carboxylic acids is 1. The minimum Gasteiger partial charge on any atom is -0.481 e. The van der Waals surface area contributed by atoms with E-state index in [9.17, 15) is 4.79 Å². The molecular weight excluding hydrogens is 262 g/mol. The molecule has 1 unspecified atom stereocenters. The molecule has 0 amide bonds. The largest absolute Gasteiger partial charge is 0.481 e. The van der Waals surface area contributed by atoms with E-state index in [1.165, 1.54) is 37.7 Å². The van der Waals surface area contributed by atoms with Crippen LogP contribution in [-0.2, 0) is 4.79 Å². The van der Waals surface area contributed by atoms with Crippen LogP contribution in [0.4, 0.5) is 5.69 Å². The summed E-state index contributed by atoms with van der Waals surface area (Å²) in [5.41, 5.74) is 2.39. The van der Waals surface area contributed by atoms with E-state index >= 15 is 0 Å². The number of benzene rings is 1. The Labute approximate surface area is 128 Å². The molecule has 1 aromatic rings. The topological polar surface area (TPSA) is 40.5 Å². The number of aliphatic carboxylic acids is 1. The molecule has 1 saturated carbocycles. The van der Waals surface area contributed by atoms with Crippen molar-refractivity contribution in [3.05, 3.63) is 29.8 Å². The molecule has 21 heavy (non-hydrogen) atoms. The summed E-state index contributed by atoms with van der Waals surface area (Å²) < 4.78 is 0. The molecule has 0 aromatic heterocycles. The third kappa shape index (κ3) is 4.48. The zero-order valence-corrected chi connectivity index (χ0v) is 13.2. The van der Waals surface area contributed by atoms with Crippen LogP contribution in [0.15, 0.2) is 24.3 Å². The summed E-state index contributed by atoms with van der Waals surface area (Å²) in [5, 5.41) is 9.02. The minimum absolute atomic E-state index is 0.199. The molecule has 0 bridgehead atoms. The van der Waals surface area contributed by atoms with Crippen molar-refractivity contribution < 1.29 is 9.90 Å². The van der Waals surface area contributed by atoms with Crippen LogP contribution < -0.4 is 4.90 Å². The Morgan fingerprint density at radius 2 is 1.86 bits per heavy atom. The Hall–Kier alpha value is -1.51. The number of rotatable bonds is 6. The lowest BCUT2D eigenvalue weighted by Crippen LogP contribution is -2.40. The molecule has 1 fully saturated rings. The average Bonchev–Trinajstić information content (AvgIpc) is 2.49. The highest BCUT2D eigenvalue weighted by Gasteiger charge is 2.25. The predicted molar refractivity (Wildman–Crippen MR) is 86.8 cm³/mol. The average molecular weight is 289 g/mol. The van der Waals surface area contributed by atoms with Gasteiger partial charge in [-0.05, 0) is 44.7 Å². The maximum atomic E-state index is 11.0. The normalized spacial score (nSPS) is 17.4. The van der Waals surface area contributed by atoms with E-state index in [1.54, 1.807) is 0 Å². The van der Waals surface area contributed by atoms with Crippen molar-refractivity contribution in [3.8, 4) is 0 Å². The van der Waals surface area contributed by atoms with E-state index in [4.69, 9.17) is 5.11 Å². The van der Waals surface area contributed by atoms with Gasteiger partial charge in [-0.15, -0.1) is 0 Å². The fourth-order valence-corrected chi connectivity index (χ4v) is 3.39. The highest BCUT2D eigenvalue weighted by Crippen LogP contribution is 2.31. The van der Waals surface area contributed by atoms with Crippen LogP contribution in [-0.4, -0.2) is 23.7 Å². The molecular formula is C18H27NO2. The number of carboxylic acid groups (broad SMARTS) is 1. The molecule has 0 aliphatic heterocycles. The molecule has 1 N–H and O–H groups in total. The van der Waals surface area contributed by atoms with Gasteiger partial charge in [0, 0.05) is 18.3 Å². The predicted octanol–water partition coefficient (Wildman–Crippen LogP) is 4.24. The fraction of sp³-hybridized carbons (Fsp3) is 0.611. The SMILES string of the molecule is Cc1ccc(N(CCC(=O)O)C(C)C2CCCCC2)cc1. The van der Waals surface area contributed by atoms with Crippen molar-refractivity contribution in [2.24, 2.45) is 5.92 Å². The lowest BCUT2D eigenvalue weighted by Gasteiger charge is -2.38. The van der Waals surface area contributed by atoms with Gasteiger partial charge < -0.3 is 10.0 Å². The Balaban J connectivity index is 2.13. The van der Waals surface area contributed by atoms with E-state index < -0.39 is 5.97 Å². The third-order valence-electron chi connectivity index (χ3n) is 4.76. The first-order chi connectivity index (χ1) is 10.1. The highest BCUT2D eigenvalue weighted by molar-refractivity contribution is 5.67. The highest BCUT2D eigenvalue weighted by atomic mass is 16.4. The molecule has 0 saturated heterocycles. The summed E-state index contributed by atoms with van der Waals surface area (Å²) in [6.45, 7) is 4.93. The lowest BCUT2D eigenvalue weighted by molar-refractivity contribution is -0.136. The van der Waals surface area contributed by atoms with Gasteiger partial charge in [0.05, 0.1) is 6.42 Å². The second-order valence-electron chi connectivity index (χ2n) is 6.31. The summed E-state index contributed by atoms with van der Waals surface area (Å²) in [4.78, 5) is 13.3. The quantitative estimate of drug-likeness (QED) is 0.851. The number of hydrogen-bond acceptors (Lipinski definition) is 2. The van der Waals surface area contributed by atoms with Crippen molar-refractivity contribution in [3.63, 3.8) is 0 Å². The molecule has 0 spiro atoms. The van der Waals surface area contributed by atoms with E-state index in [0.29, 0.717) is 18.5 Å². The second kappa shape index (κ2) is 7.48. The van der Waals surface area contributed by atoms with E-state index in [0.717, 1.165) is 5.69 Å². The first kappa shape index (κ1) is 15.9. The number of anilines is 1. The van der Waals surface area contributed by atoms with Gasteiger partial charge in [0.2, 0.25) is 0 Å². The number of carbonyl (C=O) groups is 1. The van der Waals surface area contributed by atoms with Crippen molar-refractivity contribution in [1.29, 1.82) is 0 Å². The van der Waals surface area contributed by atoms with Crippen LogP contribution in [0.25, 0.3) is 0 Å². The first-order valence-corrected chi connectivity index (χ1v) is 8.13. The zero-order valence-electron chi connectivity index (χ0n) is 13.2. The van der Waals surface area contributed by atoms with Crippen LogP contribution in [0, 0.1) is 12.8 Å². The lowest BCUT2D eigenvalue weighted by atomic mass is 9.83. The van der Waals surface area contributed by atoms with Gasteiger partial charge in [-0.1, -0.05) is 37.0 Å². The molecule has 2 rings (SSSR count). The first-order valence-electron chi connectivity index (χ1n) is 8.13. The maximum Gasteiger partial charge on any atom is 0.305 e. The second-order valence-corrected chi connectivity index (χ2v) is 6.31. The summed E-state index contributed by atoms with van der Waals surface area (Å²) in [6, 6.07) is 8.87. The van der Waals surface area contributed by atoms with Crippen molar-refractivity contribution in [2.45, 2.75) is 58.4 Å². The Morgan fingerprint density at radius 1 is 1.24 bits per heavy atom. The standard InChI is InChI=1S/C18H27NO2/c1-14-8-10-17(11-9-14)19(13-12-18(20)21)15(2)16-6-4-3-5-7-16/h8-11,15-16H,3-7,12-13H2,1-2H3,(H,20,21). The molecule has 3 heteroatoms. The molecule has 1 atom stereocenters. The maximum absolute atomic E-state index is 11.0. The van der Waals surface area contributed by atoms with Crippen molar-refractivity contribution in [2.75, 3.05) is 11.4 Å². The van der Waals surface area contributed by atoms with E-state index in [-0.39, 0.29) is 6.42 Å². The van der Waals surface area contributed by atoms with Gasteiger partial charge in [0.1, 0.15) is 0 Å². The summed E-state index contributed by atoms with van der Waals surface area (Å²) in [5.74, 6) is -0.0307. The monoisotopic (exact) mass is 289 g/mol. The molecule has 1 aliphatic rings. The molecule has 116 valence electrons. The van der Waals surface area contributed by atoms with Gasteiger partial charge in [-0.3, -0.25) is 4.79 Å². The van der Waals surface area contributed by atoms with Crippen molar-refractivity contribution in [1.82, 2.24) is 0 Å². The van der Waals surface area contributed by atoms with Crippen LogP contribution in [0.3, 0.4) is 0 Å². The Kier molecular flexibility index (Phi) is 5.66. The van der Waals surface area contributed by atoms with Crippen molar-refractivity contribution >= 4 is 11.7 Å². The minimum atomic E-state index is -0.719. The number of aryl methyl sites for hydroxylation is 1. The summed E-state index contributed by atoms with van der Waals surface area (Å²) >= 11 is 0. The van der Waals surface area contributed by atoms with E-state index in [2.05, 4.69) is 43.0 Å². The third-order valence-corrected chi connectivity index (χ3v) is 4.76. The molecule has 1 aromatic carbocycles. The zero-order chi connectivity index (χ0) is 15.2. The Morgan fingerprint density at radius 3 is 2.43 bits per heavy atom. The van der Waals surface area contributed by atoms with Gasteiger partial charge in [0.25, 0.3) is 0 Å². The number of hydrogen-bond donors (Lipinski definition) is 1. The van der Waals surface area contributed by atoms with Gasteiger partial charge >= 0.3 is 5.97 Å². The van der Waals surface area contributed by atoms with Crippen LogP contribution >= 0.6 is 0 Å². The summed E-state index contributed by atoms with van der Waals surface area (Å²) in [6.07, 6.45) is 6.73. The Bertz CT molecular complexity index is 449. The van der Waals surface area contributed by atoms with Crippen LogP contribution in [0.5, 0.6) is 0 Å². The van der Waals surface area contributed by atoms with Crippen LogP contribution in [0.2, 0.25) is 0 Å². The number of nitrogens with zero attached hydrogens (tertiary/aromatic N) is 1. The molecule has 0 heterocycles. The van der Waals surface area contributed by atoms with Crippen LogP contribution in [0.1, 0.15) is 51.0 Å². The van der Waals surface area contributed by atoms with E-state index in [1.807, 2.05) is 0 Å². The molecule has 1 aliphatic carbocycles. The molecule has 3 nitrogen and oxygen atoms in total. The van der Waals surface area contributed by atoms with Gasteiger partial charge in [-0.2, -0.15) is 0 Å². The molecule has 0 radical (unpaired) electrons. The summed E-state index contributed by atoms with van der Waals surface area (Å²) in [7, 11) is 0. The fourth-order valence-electron chi connectivity index (χ4n) is 3.39. The van der Waals surface area contributed by atoms with Gasteiger partial charge in [-0.25, -0.2) is 0 Å².